The highest BCUT2D eigenvalue weighted by molar-refractivity contribution is 5.76. The summed E-state index contributed by atoms with van der Waals surface area (Å²) in [6.07, 6.45) is 10.3. The van der Waals surface area contributed by atoms with Crippen molar-refractivity contribution in [1.82, 2.24) is 15.0 Å². The van der Waals surface area contributed by atoms with Crippen LogP contribution in [0.5, 0.6) is 0 Å². The number of benzene rings is 1. The number of rotatable bonds is 2. The van der Waals surface area contributed by atoms with E-state index in [0.29, 0.717) is 0 Å². The molecule has 0 aliphatic carbocycles. The Morgan fingerprint density at radius 2 is 1.83 bits per heavy atom. The highest BCUT2D eigenvalue weighted by Crippen LogP contribution is 2.10. The average Bonchev–Trinajstić information content (AvgIpc) is 2.46. The molecule has 0 aliphatic rings. The normalized spacial score (nSPS) is 11.1. The second-order valence-electron chi connectivity index (χ2n) is 3.83. The Labute approximate surface area is 105 Å². The van der Waals surface area contributed by atoms with Crippen LogP contribution in [-0.2, 0) is 0 Å². The fraction of sp³-hybridized carbons (Fsp3) is 0. The van der Waals surface area contributed by atoms with Crippen LogP contribution in [0.3, 0.4) is 0 Å². The highest BCUT2D eigenvalue weighted by Gasteiger charge is 1.96. The van der Waals surface area contributed by atoms with Gasteiger partial charge in [-0.3, -0.25) is 4.98 Å². The number of pyridine rings is 1. The molecule has 85 valence electrons. The van der Waals surface area contributed by atoms with Crippen molar-refractivity contribution >= 4 is 23.2 Å². The van der Waals surface area contributed by atoms with Crippen molar-refractivity contribution in [3.05, 3.63) is 66.2 Å². The molecule has 18 heavy (non-hydrogen) atoms. The average molecular weight is 232 g/mol. The van der Waals surface area contributed by atoms with E-state index in [1.165, 1.54) is 0 Å². The monoisotopic (exact) mass is 232 g/mol. The van der Waals surface area contributed by atoms with Crippen molar-refractivity contribution in [3.63, 3.8) is 0 Å². The molecule has 3 heteroatoms. The van der Waals surface area contributed by atoms with Gasteiger partial charge in [0.1, 0.15) is 6.20 Å². The van der Waals surface area contributed by atoms with Crippen molar-refractivity contribution in [2.24, 2.45) is 0 Å². The lowest BCUT2D eigenvalue weighted by Crippen LogP contribution is -1.87. The van der Waals surface area contributed by atoms with Crippen LogP contribution >= 0.6 is 0 Å². The topological polar surface area (TPSA) is 38.7 Å². The molecule has 3 nitrogen and oxygen atoms in total. The maximum atomic E-state index is 4.47. The number of hydrogen-bond acceptors (Lipinski definition) is 3. The van der Waals surface area contributed by atoms with E-state index in [1.807, 2.05) is 48.6 Å². The van der Waals surface area contributed by atoms with Gasteiger partial charge in [-0.05, 0) is 29.8 Å². The first kappa shape index (κ1) is 10.6. The maximum absolute atomic E-state index is 4.47. The number of para-hydroxylation sites is 2. The van der Waals surface area contributed by atoms with Crippen LogP contribution < -0.4 is 0 Å². The molecule has 0 unspecified atom stereocenters. The van der Waals surface area contributed by atoms with Gasteiger partial charge in [-0.25, -0.2) is 9.97 Å². The Morgan fingerprint density at radius 1 is 0.944 bits per heavy atom. The second kappa shape index (κ2) is 4.75. The van der Waals surface area contributed by atoms with Crippen molar-refractivity contribution < 1.29 is 0 Å². The predicted octanol–water partition coefficient (Wildman–Crippen LogP) is 3.00. The largest absolute Gasteiger partial charge is 0.264 e. The van der Waals surface area contributed by atoms with Crippen LogP contribution in [0.15, 0.2) is 48.8 Å². The number of nitrogens with zero attached hydrogens (tertiary/aromatic N) is 3. The Kier molecular flexibility index (Phi) is 2.80. The molecule has 0 spiro atoms. The van der Waals surface area contributed by atoms with Gasteiger partial charge in [0, 0.05) is 12.4 Å². The van der Waals surface area contributed by atoms with E-state index >= 15 is 0 Å². The van der Waals surface area contributed by atoms with Crippen LogP contribution in [0, 0.1) is 6.20 Å². The molecule has 3 rings (SSSR count). The molecular weight excluding hydrogens is 222 g/mol. The van der Waals surface area contributed by atoms with Gasteiger partial charge in [0.25, 0.3) is 0 Å². The van der Waals surface area contributed by atoms with Crippen LogP contribution in [0.1, 0.15) is 11.3 Å². The van der Waals surface area contributed by atoms with Gasteiger partial charge in [-0.2, -0.15) is 0 Å². The summed E-state index contributed by atoms with van der Waals surface area (Å²) in [4.78, 5) is 12.8. The molecule has 1 aromatic carbocycles. The first-order chi connectivity index (χ1) is 8.92. The third-order valence-corrected chi connectivity index (χ3v) is 2.53. The van der Waals surface area contributed by atoms with Crippen molar-refractivity contribution in [1.29, 1.82) is 0 Å². The molecule has 1 radical (unpaired) electrons. The molecule has 0 aliphatic heterocycles. The lowest BCUT2D eigenvalue weighted by Gasteiger charge is -1.96. The summed E-state index contributed by atoms with van der Waals surface area (Å²) in [6.45, 7) is 0. The maximum Gasteiger partial charge on any atom is 0.117 e. The smallest absolute Gasteiger partial charge is 0.117 e. The molecule has 0 N–H and O–H groups in total. The second-order valence-corrected chi connectivity index (χ2v) is 3.83. The molecule has 3 aromatic rings. The highest BCUT2D eigenvalue weighted by atomic mass is 14.8. The summed E-state index contributed by atoms with van der Waals surface area (Å²) >= 11 is 0. The SMILES string of the molecule is [c]1nc2ccccc2nc1/C=C/c1cccnc1. The van der Waals surface area contributed by atoms with Crippen LogP contribution in [0.2, 0.25) is 0 Å². The molecule has 0 saturated heterocycles. The van der Waals surface area contributed by atoms with E-state index in [4.69, 9.17) is 0 Å². The van der Waals surface area contributed by atoms with Gasteiger partial charge in [0.05, 0.1) is 16.7 Å². The minimum Gasteiger partial charge on any atom is -0.264 e. The van der Waals surface area contributed by atoms with Crippen LogP contribution in [-0.4, -0.2) is 15.0 Å². The van der Waals surface area contributed by atoms with E-state index in [2.05, 4.69) is 21.1 Å². The minimum atomic E-state index is 0.720. The minimum absolute atomic E-state index is 0.720. The predicted molar refractivity (Wildman–Crippen MR) is 71.5 cm³/mol. The van der Waals surface area contributed by atoms with Gasteiger partial charge in [0.2, 0.25) is 0 Å². The Bertz CT molecular complexity index is 690. The van der Waals surface area contributed by atoms with Crippen molar-refractivity contribution in [3.8, 4) is 0 Å². The summed E-state index contributed by atoms with van der Waals surface area (Å²) in [5.41, 5.74) is 3.48. The Balaban J connectivity index is 1.93. The van der Waals surface area contributed by atoms with Crippen LogP contribution in [0.25, 0.3) is 23.2 Å². The van der Waals surface area contributed by atoms with E-state index in [-0.39, 0.29) is 0 Å². The van der Waals surface area contributed by atoms with E-state index in [9.17, 15) is 0 Å². The summed E-state index contributed by atoms with van der Waals surface area (Å²) in [5.74, 6) is 0. The van der Waals surface area contributed by atoms with Gasteiger partial charge in [0.15, 0.2) is 0 Å². The summed E-state index contributed by atoms with van der Waals surface area (Å²) in [5, 5.41) is 0. The third kappa shape index (κ3) is 2.25. The summed E-state index contributed by atoms with van der Waals surface area (Å²) in [7, 11) is 0. The number of aromatic nitrogens is 3. The van der Waals surface area contributed by atoms with Gasteiger partial charge in [-0.15, -0.1) is 0 Å². The zero-order chi connectivity index (χ0) is 12.2. The van der Waals surface area contributed by atoms with Crippen molar-refractivity contribution in [2.75, 3.05) is 0 Å². The third-order valence-electron chi connectivity index (χ3n) is 2.53. The molecule has 0 bridgehead atoms. The summed E-state index contributed by atoms with van der Waals surface area (Å²) in [6, 6.07) is 11.6. The Morgan fingerprint density at radius 3 is 2.67 bits per heavy atom. The van der Waals surface area contributed by atoms with Crippen LogP contribution in [0.4, 0.5) is 0 Å². The Hall–Kier alpha value is -2.55. The lowest BCUT2D eigenvalue weighted by molar-refractivity contribution is 1.25. The molecule has 0 atom stereocenters. The molecule has 0 amide bonds. The zero-order valence-corrected chi connectivity index (χ0v) is 9.62. The molecule has 0 fully saturated rings. The lowest BCUT2D eigenvalue weighted by atomic mass is 10.2. The molecule has 2 heterocycles. The van der Waals surface area contributed by atoms with Gasteiger partial charge in [-0.1, -0.05) is 24.3 Å². The first-order valence-corrected chi connectivity index (χ1v) is 5.64. The van der Waals surface area contributed by atoms with E-state index < -0.39 is 0 Å². The molecular formula is C15H10N3. The van der Waals surface area contributed by atoms with Crippen molar-refractivity contribution in [2.45, 2.75) is 0 Å². The molecule has 2 aromatic heterocycles. The number of fused-ring (bicyclic) bond motifs is 1. The standard InChI is InChI=1S/C15H10N3/c1-2-6-15-14(5-1)17-11-13(18-15)8-7-12-4-3-9-16-10-12/h1-10H/b8-7+. The zero-order valence-electron chi connectivity index (χ0n) is 9.62. The fourth-order valence-electron chi connectivity index (χ4n) is 1.65. The van der Waals surface area contributed by atoms with Gasteiger partial charge >= 0.3 is 0 Å². The quantitative estimate of drug-likeness (QED) is 0.681. The van der Waals surface area contributed by atoms with E-state index in [1.54, 1.807) is 12.4 Å². The fourth-order valence-corrected chi connectivity index (χ4v) is 1.65. The summed E-state index contributed by atoms with van der Waals surface area (Å²) < 4.78 is 0. The van der Waals surface area contributed by atoms with E-state index in [0.717, 1.165) is 22.3 Å². The molecule has 0 saturated carbocycles. The number of hydrogen-bond donors (Lipinski definition) is 0. The van der Waals surface area contributed by atoms with Gasteiger partial charge < -0.3 is 0 Å². The first-order valence-electron chi connectivity index (χ1n) is 5.64.